The molecule has 0 radical (unpaired) electrons. The van der Waals surface area contributed by atoms with Gasteiger partial charge in [-0.3, -0.25) is 9.78 Å². The lowest BCUT2D eigenvalue weighted by Gasteiger charge is -2.32. The van der Waals surface area contributed by atoms with E-state index in [-0.39, 0.29) is 11.8 Å². The molecule has 1 fully saturated rings. The largest absolute Gasteiger partial charge is 0.481 e. The monoisotopic (exact) mass is 313 g/mol. The van der Waals surface area contributed by atoms with Crippen molar-refractivity contribution in [1.82, 2.24) is 15.0 Å². The van der Waals surface area contributed by atoms with E-state index in [9.17, 15) is 4.79 Å². The SMILES string of the molecule is COc1ccc(NC(=O)[C@H]2CCCN(c3cnccn3)C2)cn1. The van der Waals surface area contributed by atoms with Crippen LogP contribution in [0.25, 0.3) is 0 Å². The maximum Gasteiger partial charge on any atom is 0.229 e. The molecule has 0 unspecified atom stereocenters. The molecule has 3 heterocycles. The topological polar surface area (TPSA) is 80.2 Å². The number of ether oxygens (including phenoxy) is 1. The zero-order valence-electron chi connectivity index (χ0n) is 13.0. The first-order valence-corrected chi connectivity index (χ1v) is 7.58. The van der Waals surface area contributed by atoms with Crippen LogP contribution >= 0.6 is 0 Å². The number of anilines is 2. The summed E-state index contributed by atoms with van der Waals surface area (Å²) in [5.74, 6) is 1.27. The maximum absolute atomic E-state index is 12.5. The van der Waals surface area contributed by atoms with Gasteiger partial charge in [0.05, 0.1) is 31.1 Å². The molecule has 1 amide bonds. The maximum atomic E-state index is 12.5. The summed E-state index contributed by atoms with van der Waals surface area (Å²) in [6.45, 7) is 1.54. The Labute approximate surface area is 134 Å². The number of hydrogen-bond donors (Lipinski definition) is 1. The molecule has 23 heavy (non-hydrogen) atoms. The van der Waals surface area contributed by atoms with Gasteiger partial charge in [0, 0.05) is 31.5 Å². The van der Waals surface area contributed by atoms with E-state index >= 15 is 0 Å². The summed E-state index contributed by atoms with van der Waals surface area (Å²) in [4.78, 5) is 27.1. The van der Waals surface area contributed by atoms with Gasteiger partial charge < -0.3 is 15.0 Å². The molecule has 0 spiro atoms. The van der Waals surface area contributed by atoms with Crippen molar-refractivity contribution in [3.8, 4) is 5.88 Å². The van der Waals surface area contributed by atoms with Gasteiger partial charge in [-0.15, -0.1) is 0 Å². The number of piperidine rings is 1. The number of aromatic nitrogens is 3. The van der Waals surface area contributed by atoms with E-state index in [0.29, 0.717) is 18.1 Å². The molecule has 3 rings (SSSR count). The van der Waals surface area contributed by atoms with Crippen molar-refractivity contribution in [3.05, 3.63) is 36.9 Å². The van der Waals surface area contributed by atoms with Crippen LogP contribution in [0.2, 0.25) is 0 Å². The lowest BCUT2D eigenvalue weighted by molar-refractivity contribution is -0.120. The Morgan fingerprint density at radius 3 is 2.91 bits per heavy atom. The van der Waals surface area contributed by atoms with Gasteiger partial charge in [0.25, 0.3) is 0 Å². The summed E-state index contributed by atoms with van der Waals surface area (Å²) in [6, 6.07) is 3.51. The Bertz CT molecular complexity index is 647. The second kappa shape index (κ2) is 7.04. The average Bonchev–Trinajstić information content (AvgIpc) is 2.63. The highest BCUT2D eigenvalue weighted by atomic mass is 16.5. The summed E-state index contributed by atoms with van der Waals surface area (Å²) in [7, 11) is 1.56. The van der Waals surface area contributed by atoms with Crippen molar-refractivity contribution in [2.75, 3.05) is 30.4 Å². The zero-order chi connectivity index (χ0) is 16.1. The Balaban J connectivity index is 1.62. The van der Waals surface area contributed by atoms with Crippen LogP contribution in [0.1, 0.15) is 12.8 Å². The Morgan fingerprint density at radius 1 is 1.30 bits per heavy atom. The third-order valence-electron chi connectivity index (χ3n) is 3.88. The molecule has 120 valence electrons. The minimum atomic E-state index is -0.0761. The number of carbonyl (C=O) groups excluding carboxylic acids is 1. The van der Waals surface area contributed by atoms with Crippen molar-refractivity contribution >= 4 is 17.4 Å². The first-order valence-electron chi connectivity index (χ1n) is 7.58. The highest BCUT2D eigenvalue weighted by Crippen LogP contribution is 2.22. The van der Waals surface area contributed by atoms with E-state index in [0.717, 1.165) is 25.2 Å². The summed E-state index contributed by atoms with van der Waals surface area (Å²) in [5, 5.41) is 2.92. The first-order chi connectivity index (χ1) is 11.3. The van der Waals surface area contributed by atoms with Gasteiger partial charge in [-0.2, -0.15) is 0 Å². The molecule has 1 saturated heterocycles. The molecular formula is C16H19N5O2. The predicted molar refractivity (Wildman–Crippen MR) is 86.4 cm³/mol. The number of amides is 1. The van der Waals surface area contributed by atoms with Crippen molar-refractivity contribution in [1.29, 1.82) is 0 Å². The fourth-order valence-corrected chi connectivity index (χ4v) is 2.67. The lowest BCUT2D eigenvalue weighted by atomic mass is 9.97. The Hall–Kier alpha value is -2.70. The minimum Gasteiger partial charge on any atom is -0.481 e. The first kappa shape index (κ1) is 15.2. The number of pyridine rings is 1. The number of rotatable bonds is 4. The molecular weight excluding hydrogens is 294 g/mol. The van der Waals surface area contributed by atoms with Gasteiger partial charge in [0.15, 0.2) is 0 Å². The van der Waals surface area contributed by atoms with Gasteiger partial charge in [-0.05, 0) is 18.9 Å². The third kappa shape index (κ3) is 3.74. The molecule has 1 aliphatic heterocycles. The average molecular weight is 313 g/mol. The summed E-state index contributed by atoms with van der Waals surface area (Å²) in [5.41, 5.74) is 0.674. The highest BCUT2D eigenvalue weighted by molar-refractivity contribution is 5.92. The molecule has 1 aliphatic rings. The molecule has 0 aliphatic carbocycles. The number of carbonyl (C=O) groups is 1. The minimum absolute atomic E-state index is 0.00515. The lowest BCUT2D eigenvalue weighted by Crippen LogP contribution is -2.41. The standard InChI is InChI=1S/C16H19N5O2/c1-23-15-5-4-13(9-19-15)20-16(22)12-3-2-8-21(11-12)14-10-17-6-7-18-14/h4-7,9-10,12H,2-3,8,11H2,1H3,(H,20,22)/t12-/m0/s1. The quantitative estimate of drug-likeness (QED) is 0.926. The van der Waals surface area contributed by atoms with Crippen LogP contribution in [0.3, 0.4) is 0 Å². The van der Waals surface area contributed by atoms with Gasteiger partial charge in [-0.1, -0.05) is 0 Å². The molecule has 0 aromatic carbocycles. The Kier molecular flexibility index (Phi) is 4.65. The predicted octanol–water partition coefficient (Wildman–Crippen LogP) is 1.74. The second-order valence-corrected chi connectivity index (χ2v) is 5.43. The van der Waals surface area contributed by atoms with Crippen molar-refractivity contribution in [2.45, 2.75) is 12.8 Å². The third-order valence-corrected chi connectivity index (χ3v) is 3.88. The fourth-order valence-electron chi connectivity index (χ4n) is 2.67. The van der Waals surface area contributed by atoms with Crippen LogP contribution in [0, 0.1) is 5.92 Å². The molecule has 2 aromatic heterocycles. The number of nitrogens with one attached hydrogen (secondary N) is 1. The number of methoxy groups -OCH3 is 1. The van der Waals surface area contributed by atoms with Gasteiger partial charge in [0.1, 0.15) is 5.82 Å². The van der Waals surface area contributed by atoms with E-state index in [1.807, 2.05) is 0 Å². The Morgan fingerprint density at radius 2 is 2.22 bits per heavy atom. The normalized spacial score (nSPS) is 17.6. The highest BCUT2D eigenvalue weighted by Gasteiger charge is 2.26. The van der Waals surface area contributed by atoms with Crippen LogP contribution in [0.15, 0.2) is 36.9 Å². The van der Waals surface area contributed by atoms with E-state index in [4.69, 9.17) is 4.74 Å². The van der Waals surface area contributed by atoms with Crippen LogP contribution < -0.4 is 15.0 Å². The summed E-state index contributed by atoms with van der Waals surface area (Å²) >= 11 is 0. The molecule has 1 N–H and O–H groups in total. The molecule has 2 aromatic rings. The second-order valence-electron chi connectivity index (χ2n) is 5.43. The zero-order valence-corrected chi connectivity index (χ0v) is 13.0. The smallest absolute Gasteiger partial charge is 0.229 e. The van der Waals surface area contributed by atoms with Gasteiger partial charge in [-0.25, -0.2) is 9.97 Å². The fraction of sp³-hybridized carbons (Fsp3) is 0.375. The van der Waals surface area contributed by atoms with Crippen molar-refractivity contribution < 1.29 is 9.53 Å². The molecule has 1 atom stereocenters. The van der Waals surface area contributed by atoms with Gasteiger partial charge in [0.2, 0.25) is 11.8 Å². The van der Waals surface area contributed by atoms with Crippen LogP contribution in [0.5, 0.6) is 5.88 Å². The summed E-state index contributed by atoms with van der Waals surface area (Å²) in [6.07, 6.45) is 8.46. The molecule has 7 heteroatoms. The van der Waals surface area contributed by atoms with E-state index < -0.39 is 0 Å². The van der Waals surface area contributed by atoms with Gasteiger partial charge >= 0.3 is 0 Å². The van der Waals surface area contributed by atoms with Crippen LogP contribution in [0.4, 0.5) is 11.5 Å². The number of hydrogen-bond acceptors (Lipinski definition) is 6. The molecule has 0 bridgehead atoms. The van der Waals surface area contributed by atoms with E-state index in [1.54, 1.807) is 44.0 Å². The van der Waals surface area contributed by atoms with E-state index in [1.165, 1.54) is 0 Å². The van der Waals surface area contributed by atoms with Crippen molar-refractivity contribution in [2.24, 2.45) is 5.92 Å². The van der Waals surface area contributed by atoms with Crippen LogP contribution in [-0.4, -0.2) is 41.1 Å². The summed E-state index contributed by atoms with van der Waals surface area (Å²) < 4.78 is 5.01. The number of nitrogens with zero attached hydrogens (tertiary/aromatic N) is 4. The van der Waals surface area contributed by atoms with Crippen LogP contribution in [-0.2, 0) is 4.79 Å². The molecule has 0 saturated carbocycles. The molecule has 7 nitrogen and oxygen atoms in total. The van der Waals surface area contributed by atoms with Crippen molar-refractivity contribution in [3.63, 3.8) is 0 Å². The van der Waals surface area contributed by atoms with E-state index in [2.05, 4.69) is 25.2 Å².